The van der Waals surface area contributed by atoms with E-state index >= 15 is 0 Å². The van der Waals surface area contributed by atoms with E-state index in [4.69, 9.17) is 19.4 Å². The molecule has 45 heavy (non-hydrogen) atoms. The van der Waals surface area contributed by atoms with Crippen LogP contribution in [0, 0.1) is 0 Å². The maximum atomic E-state index is 6.69. The summed E-state index contributed by atoms with van der Waals surface area (Å²) in [6.07, 6.45) is 0. The molecule has 2 heterocycles. The number of rotatable bonds is 4. The van der Waals surface area contributed by atoms with Crippen molar-refractivity contribution in [1.29, 1.82) is 0 Å². The van der Waals surface area contributed by atoms with Crippen molar-refractivity contribution in [3.05, 3.63) is 152 Å². The van der Waals surface area contributed by atoms with E-state index < -0.39 is 0 Å². The van der Waals surface area contributed by atoms with Crippen molar-refractivity contribution >= 4 is 43.5 Å². The third-order valence-corrected chi connectivity index (χ3v) is 8.52. The molecule has 0 saturated heterocycles. The first-order valence-electron chi connectivity index (χ1n) is 15.0. The number of benzene rings is 7. The van der Waals surface area contributed by atoms with Crippen LogP contribution in [0.3, 0.4) is 0 Å². The lowest BCUT2D eigenvalue weighted by Gasteiger charge is -2.12. The molecular weight excluding hydrogens is 550 g/mol. The summed E-state index contributed by atoms with van der Waals surface area (Å²) in [6, 6.07) is 52.2. The summed E-state index contributed by atoms with van der Waals surface area (Å²) in [5, 5.41) is 7.02. The van der Waals surface area contributed by atoms with Crippen LogP contribution in [0.25, 0.3) is 88.8 Å². The third kappa shape index (κ3) is 4.19. The van der Waals surface area contributed by atoms with Gasteiger partial charge in [-0.25, -0.2) is 15.0 Å². The molecule has 7 aromatic carbocycles. The molecule has 0 aliphatic carbocycles. The fourth-order valence-electron chi connectivity index (χ4n) is 6.45. The smallest absolute Gasteiger partial charge is 0.167 e. The lowest BCUT2D eigenvalue weighted by molar-refractivity contribution is 0.669. The van der Waals surface area contributed by atoms with Gasteiger partial charge in [-0.1, -0.05) is 133 Å². The maximum Gasteiger partial charge on any atom is 0.167 e. The van der Waals surface area contributed by atoms with Gasteiger partial charge in [0.25, 0.3) is 0 Å². The van der Waals surface area contributed by atoms with E-state index in [1.807, 2.05) is 72.8 Å². The van der Waals surface area contributed by atoms with E-state index in [0.29, 0.717) is 17.5 Å². The monoisotopic (exact) mass is 575 g/mol. The Morgan fingerprint density at radius 1 is 0.378 bits per heavy atom. The van der Waals surface area contributed by atoms with Gasteiger partial charge in [-0.15, -0.1) is 0 Å². The SMILES string of the molecule is c1ccc(-c2nc(-c3ccccc3)nc(-c3cccc4c3oc3cccc(-c5cc6ccccc6c6ccccc56)c34)n2)cc1. The molecule has 0 fully saturated rings. The van der Waals surface area contributed by atoms with Gasteiger partial charge in [0.15, 0.2) is 17.5 Å². The summed E-state index contributed by atoms with van der Waals surface area (Å²) in [5.74, 6) is 1.82. The predicted molar refractivity (Wildman–Crippen MR) is 184 cm³/mol. The lowest BCUT2D eigenvalue weighted by Crippen LogP contribution is -2.00. The molecule has 210 valence electrons. The molecule has 4 heteroatoms. The molecule has 0 bridgehead atoms. The van der Waals surface area contributed by atoms with Gasteiger partial charge in [0.05, 0.1) is 5.56 Å². The van der Waals surface area contributed by atoms with E-state index in [-0.39, 0.29) is 0 Å². The lowest BCUT2D eigenvalue weighted by atomic mass is 9.91. The zero-order valence-electron chi connectivity index (χ0n) is 24.2. The molecule has 0 amide bonds. The fourth-order valence-corrected chi connectivity index (χ4v) is 6.45. The van der Waals surface area contributed by atoms with Gasteiger partial charge in [0.1, 0.15) is 11.2 Å². The van der Waals surface area contributed by atoms with Gasteiger partial charge < -0.3 is 4.42 Å². The zero-order valence-corrected chi connectivity index (χ0v) is 24.2. The fraction of sp³-hybridized carbons (Fsp3) is 0. The van der Waals surface area contributed by atoms with Crippen molar-refractivity contribution in [3.63, 3.8) is 0 Å². The van der Waals surface area contributed by atoms with Crippen molar-refractivity contribution in [2.75, 3.05) is 0 Å². The minimum absolute atomic E-state index is 0.574. The largest absolute Gasteiger partial charge is 0.455 e. The number of hydrogen-bond donors (Lipinski definition) is 0. The second-order valence-corrected chi connectivity index (χ2v) is 11.2. The van der Waals surface area contributed by atoms with Crippen LogP contribution in [-0.2, 0) is 0 Å². The molecule has 0 saturated carbocycles. The minimum Gasteiger partial charge on any atom is -0.455 e. The molecule has 0 spiro atoms. The number of hydrogen-bond acceptors (Lipinski definition) is 4. The van der Waals surface area contributed by atoms with E-state index in [2.05, 4.69) is 78.9 Å². The molecule has 9 aromatic rings. The molecule has 2 aromatic heterocycles. The number of furan rings is 1. The highest BCUT2D eigenvalue weighted by atomic mass is 16.3. The highest BCUT2D eigenvalue weighted by Crippen LogP contribution is 2.43. The average molecular weight is 576 g/mol. The highest BCUT2D eigenvalue weighted by molar-refractivity contribution is 6.20. The van der Waals surface area contributed by atoms with E-state index in [1.165, 1.54) is 27.1 Å². The van der Waals surface area contributed by atoms with Crippen LogP contribution in [-0.4, -0.2) is 15.0 Å². The second-order valence-electron chi connectivity index (χ2n) is 11.2. The van der Waals surface area contributed by atoms with Crippen molar-refractivity contribution in [2.24, 2.45) is 0 Å². The zero-order chi connectivity index (χ0) is 29.7. The summed E-state index contributed by atoms with van der Waals surface area (Å²) in [5.41, 5.74) is 6.59. The first-order chi connectivity index (χ1) is 22.3. The Kier molecular flexibility index (Phi) is 5.78. The highest BCUT2D eigenvalue weighted by Gasteiger charge is 2.20. The van der Waals surface area contributed by atoms with Crippen LogP contribution in [0.2, 0.25) is 0 Å². The Labute approximate surface area is 259 Å². The van der Waals surface area contributed by atoms with Crippen LogP contribution in [0.5, 0.6) is 0 Å². The van der Waals surface area contributed by atoms with Gasteiger partial charge >= 0.3 is 0 Å². The van der Waals surface area contributed by atoms with Gasteiger partial charge in [0, 0.05) is 21.9 Å². The first kappa shape index (κ1) is 25.4. The first-order valence-corrected chi connectivity index (χ1v) is 15.0. The summed E-state index contributed by atoms with van der Waals surface area (Å²) in [7, 11) is 0. The summed E-state index contributed by atoms with van der Waals surface area (Å²) < 4.78 is 6.69. The summed E-state index contributed by atoms with van der Waals surface area (Å²) in [6.45, 7) is 0. The van der Waals surface area contributed by atoms with Gasteiger partial charge in [-0.3, -0.25) is 0 Å². The Bertz CT molecular complexity index is 2480. The number of fused-ring (bicyclic) bond motifs is 6. The Hall–Kier alpha value is -6.13. The van der Waals surface area contributed by atoms with Crippen molar-refractivity contribution in [2.45, 2.75) is 0 Å². The molecule has 0 atom stereocenters. The number of nitrogens with zero attached hydrogens (tertiary/aromatic N) is 3. The predicted octanol–water partition coefficient (Wildman–Crippen LogP) is 10.7. The molecule has 0 unspecified atom stereocenters. The van der Waals surface area contributed by atoms with E-state index in [9.17, 15) is 0 Å². The van der Waals surface area contributed by atoms with Gasteiger partial charge in [0.2, 0.25) is 0 Å². The molecular formula is C41H25N3O. The second kappa shape index (κ2) is 10.2. The van der Waals surface area contributed by atoms with Crippen LogP contribution in [0.15, 0.2) is 156 Å². The standard InChI is InChI=1S/C41H25N3O/c1-3-13-26(14-4-1)39-42-40(27-15-5-2-6-16-27)44-41(43-39)34-23-11-22-33-37-32(21-12-24-36(37)45-38(33)34)35-25-28-17-7-8-18-29(28)30-19-9-10-20-31(30)35/h1-25H. The van der Waals surface area contributed by atoms with E-state index in [1.54, 1.807) is 0 Å². The van der Waals surface area contributed by atoms with Gasteiger partial charge in [-0.2, -0.15) is 0 Å². The molecule has 0 radical (unpaired) electrons. The number of aromatic nitrogens is 3. The Balaban J connectivity index is 1.31. The number of para-hydroxylation sites is 1. The van der Waals surface area contributed by atoms with Crippen molar-refractivity contribution < 1.29 is 4.42 Å². The minimum atomic E-state index is 0.574. The molecule has 0 N–H and O–H groups in total. The van der Waals surface area contributed by atoms with E-state index in [0.717, 1.165) is 44.2 Å². The molecule has 9 rings (SSSR count). The van der Waals surface area contributed by atoms with Crippen molar-refractivity contribution in [1.82, 2.24) is 15.0 Å². The topological polar surface area (TPSA) is 51.8 Å². The normalized spacial score (nSPS) is 11.6. The third-order valence-electron chi connectivity index (χ3n) is 8.52. The van der Waals surface area contributed by atoms with Crippen LogP contribution in [0.4, 0.5) is 0 Å². The van der Waals surface area contributed by atoms with Crippen LogP contribution in [0.1, 0.15) is 0 Å². The van der Waals surface area contributed by atoms with Crippen LogP contribution >= 0.6 is 0 Å². The van der Waals surface area contributed by atoms with Crippen LogP contribution < -0.4 is 0 Å². The van der Waals surface area contributed by atoms with Crippen molar-refractivity contribution in [3.8, 4) is 45.3 Å². The summed E-state index contributed by atoms with van der Waals surface area (Å²) in [4.78, 5) is 14.9. The molecule has 0 aliphatic rings. The summed E-state index contributed by atoms with van der Waals surface area (Å²) >= 11 is 0. The Morgan fingerprint density at radius 2 is 0.933 bits per heavy atom. The molecule has 4 nitrogen and oxygen atoms in total. The Morgan fingerprint density at radius 3 is 1.67 bits per heavy atom. The molecule has 0 aliphatic heterocycles. The quantitative estimate of drug-likeness (QED) is 0.196. The van der Waals surface area contributed by atoms with Gasteiger partial charge in [-0.05, 0) is 50.9 Å². The average Bonchev–Trinajstić information content (AvgIpc) is 3.51. The maximum absolute atomic E-state index is 6.69.